The van der Waals surface area contributed by atoms with Gasteiger partial charge < -0.3 is 9.47 Å². The number of Topliss-reactive ketones (excluding diaryl/α,β-unsaturated/α-hetero) is 1. The Hall–Kier alpha value is -1.19. The second-order valence-corrected chi connectivity index (χ2v) is 5.07. The van der Waals surface area contributed by atoms with Gasteiger partial charge in [-0.15, -0.1) is 0 Å². The van der Waals surface area contributed by atoms with E-state index >= 15 is 0 Å². The fourth-order valence-corrected chi connectivity index (χ4v) is 2.18. The van der Waals surface area contributed by atoms with E-state index in [1.165, 1.54) is 5.56 Å². The number of benzene rings is 1. The average molecular weight is 248 g/mol. The average Bonchev–Trinajstić information content (AvgIpc) is 2.38. The van der Waals surface area contributed by atoms with Crippen LogP contribution in [-0.2, 0) is 20.7 Å². The van der Waals surface area contributed by atoms with Gasteiger partial charge in [-0.2, -0.15) is 0 Å². The molecule has 1 aromatic carbocycles. The second kappa shape index (κ2) is 6.12. The largest absolute Gasteiger partial charge is 0.355 e. The van der Waals surface area contributed by atoms with E-state index in [4.69, 9.17) is 9.47 Å². The maximum atomic E-state index is 12.0. The summed E-state index contributed by atoms with van der Waals surface area (Å²) >= 11 is 0. The van der Waals surface area contributed by atoms with E-state index in [1.54, 1.807) is 0 Å². The first-order valence-electron chi connectivity index (χ1n) is 6.45. The monoisotopic (exact) mass is 248 g/mol. The van der Waals surface area contributed by atoms with Crippen LogP contribution in [0, 0.1) is 0 Å². The maximum Gasteiger partial charge on any atom is 0.147 e. The van der Waals surface area contributed by atoms with Crippen LogP contribution in [0.3, 0.4) is 0 Å². The van der Waals surface area contributed by atoms with E-state index in [9.17, 15) is 4.79 Å². The molecule has 0 saturated carbocycles. The molecule has 1 aliphatic rings. The van der Waals surface area contributed by atoms with Crippen molar-refractivity contribution in [2.75, 3.05) is 13.4 Å². The molecule has 3 nitrogen and oxygen atoms in total. The number of ketones is 1. The van der Waals surface area contributed by atoms with Crippen molar-refractivity contribution in [2.24, 2.45) is 0 Å². The van der Waals surface area contributed by atoms with E-state index < -0.39 is 0 Å². The van der Waals surface area contributed by atoms with Crippen LogP contribution in [0.15, 0.2) is 30.3 Å². The molecule has 0 amide bonds. The SMILES string of the molecule is CC1(CC(=O)CCc2ccccc2)CCOCO1. The van der Waals surface area contributed by atoms with Crippen molar-refractivity contribution in [2.45, 2.75) is 38.2 Å². The van der Waals surface area contributed by atoms with Crippen LogP contribution in [-0.4, -0.2) is 24.8 Å². The maximum absolute atomic E-state index is 12.0. The van der Waals surface area contributed by atoms with Gasteiger partial charge in [0.15, 0.2) is 0 Å². The van der Waals surface area contributed by atoms with Crippen molar-refractivity contribution < 1.29 is 14.3 Å². The van der Waals surface area contributed by atoms with Gasteiger partial charge in [0.25, 0.3) is 0 Å². The highest BCUT2D eigenvalue weighted by Gasteiger charge is 2.30. The van der Waals surface area contributed by atoms with E-state index in [2.05, 4.69) is 12.1 Å². The summed E-state index contributed by atoms with van der Waals surface area (Å²) < 4.78 is 10.7. The van der Waals surface area contributed by atoms with Crippen LogP contribution in [0.5, 0.6) is 0 Å². The van der Waals surface area contributed by atoms with Gasteiger partial charge in [0.05, 0.1) is 12.2 Å². The normalized spacial score (nSPS) is 23.8. The molecule has 0 aromatic heterocycles. The molecule has 0 spiro atoms. The minimum Gasteiger partial charge on any atom is -0.355 e. The van der Waals surface area contributed by atoms with E-state index in [-0.39, 0.29) is 11.4 Å². The fraction of sp³-hybridized carbons (Fsp3) is 0.533. The van der Waals surface area contributed by atoms with Crippen molar-refractivity contribution in [1.82, 2.24) is 0 Å². The summed E-state index contributed by atoms with van der Waals surface area (Å²) in [6.07, 6.45) is 2.68. The molecule has 18 heavy (non-hydrogen) atoms. The standard InChI is InChI=1S/C15H20O3/c1-15(9-10-17-12-18-15)11-14(16)8-7-13-5-3-2-4-6-13/h2-6H,7-12H2,1H3. The third-order valence-corrected chi connectivity index (χ3v) is 3.37. The lowest BCUT2D eigenvalue weighted by atomic mass is 9.92. The predicted molar refractivity (Wildman–Crippen MR) is 69.3 cm³/mol. The van der Waals surface area contributed by atoms with Gasteiger partial charge in [-0.3, -0.25) is 4.79 Å². The van der Waals surface area contributed by atoms with Gasteiger partial charge in [-0.1, -0.05) is 30.3 Å². The van der Waals surface area contributed by atoms with Gasteiger partial charge in [-0.25, -0.2) is 0 Å². The highest BCUT2D eigenvalue weighted by atomic mass is 16.7. The number of rotatable bonds is 5. The van der Waals surface area contributed by atoms with Gasteiger partial charge >= 0.3 is 0 Å². The topological polar surface area (TPSA) is 35.5 Å². The summed E-state index contributed by atoms with van der Waals surface area (Å²) in [5.74, 6) is 0.267. The highest BCUT2D eigenvalue weighted by molar-refractivity contribution is 5.79. The summed E-state index contributed by atoms with van der Waals surface area (Å²) in [5.41, 5.74) is 0.885. The van der Waals surface area contributed by atoms with Crippen molar-refractivity contribution in [3.63, 3.8) is 0 Å². The molecular formula is C15H20O3. The number of carbonyl (C=O) groups is 1. The minimum absolute atomic E-state index is 0.267. The van der Waals surface area contributed by atoms with Crippen LogP contribution < -0.4 is 0 Å². The van der Waals surface area contributed by atoms with E-state index in [0.29, 0.717) is 26.2 Å². The molecule has 0 aliphatic carbocycles. The molecule has 2 rings (SSSR count). The number of hydrogen-bond donors (Lipinski definition) is 0. The lowest BCUT2D eigenvalue weighted by Crippen LogP contribution is -2.38. The third kappa shape index (κ3) is 3.93. The van der Waals surface area contributed by atoms with Crippen LogP contribution in [0.4, 0.5) is 0 Å². The Morgan fingerprint density at radius 3 is 2.78 bits per heavy atom. The van der Waals surface area contributed by atoms with Gasteiger partial charge in [0, 0.05) is 19.3 Å². The molecule has 1 fully saturated rings. The van der Waals surface area contributed by atoms with Crippen molar-refractivity contribution in [3.8, 4) is 0 Å². The molecule has 1 saturated heterocycles. The van der Waals surface area contributed by atoms with E-state index in [0.717, 1.165) is 12.8 Å². The third-order valence-electron chi connectivity index (χ3n) is 3.37. The number of aryl methyl sites for hydroxylation is 1. The molecule has 98 valence electrons. The molecule has 1 unspecified atom stereocenters. The van der Waals surface area contributed by atoms with Crippen LogP contribution in [0.1, 0.15) is 31.7 Å². The molecule has 0 bridgehead atoms. The Morgan fingerprint density at radius 1 is 1.33 bits per heavy atom. The Labute approximate surface area is 108 Å². The van der Waals surface area contributed by atoms with Gasteiger partial charge in [-0.05, 0) is 18.9 Å². The molecule has 0 radical (unpaired) electrons. The molecule has 1 aliphatic heterocycles. The Balaban J connectivity index is 1.78. The zero-order chi connectivity index (χ0) is 12.8. The summed E-state index contributed by atoms with van der Waals surface area (Å²) in [5, 5.41) is 0. The molecule has 3 heteroatoms. The van der Waals surface area contributed by atoms with Crippen LogP contribution in [0.2, 0.25) is 0 Å². The van der Waals surface area contributed by atoms with Crippen LogP contribution >= 0.6 is 0 Å². The fourth-order valence-electron chi connectivity index (χ4n) is 2.18. The molecule has 1 atom stereocenters. The van der Waals surface area contributed by atoms with Crippen molar-refractivity contribution in [3.05, 3.63) is 35.9 Å². The smallest absolute Gasteiger partial charge is 0.147 e. The van der Waals surface area contributed by atoms with E-state index in [1.807, 2.05) is 25.1 Å². The first-order valence-corrected chi connectivity index (χ1v) is 6.45. The van der Waals surface area contributed by atoms with Crippen molar-refractivity contribution in [1.29, 1.82) is 0 Å². The molecule has 0 N–H and O–H groups in total. The van der Waals surface area contributed by atoms with Crippen LogP contribution in [0.25, 0.3) is 0 Å². The first kappa shape index (κ1) is 13.2. The summed E-state index contributed by atoms with van der Waals surface area (Å²) in [4.78, 5) is 12.0. The lowest BCUT2D eigenvalue weighted by Gasteiger charge is -2.33. The quantitative estimate of drug-likeness (QED) is 0.803. The Morgan fingerprint density at radius 2 is 2.11 bits per heavy atom. The zero-order valence-corrected chi connectivity index (χ0v) is 10.9. The number of ether oxygens (including phenoxy) is 2. The first-order chi connectivity index (χ1) is 8.68. The Bertz CT molecular complexity index is 380. The second-order valence-electron chi connectivity index (χ2n) is 5.07. The molecule has 1 heterocycles. The molecular weight excluding hydrogens is 228 g/mol. The molecule has 1 aromatic rings. The highest BCUT2D eigenvalue weighted by Crippen LogP contribution is 2.25. The van der Waals surface area contributed by atoms with Gasteiger partial charge in [0.1, 0.15) is 12.6 Å². The Kier molecular flexibility index (Phi) is 4.50. The number of hydrogen-bond acceptors (Lipinski definition) is 3. The summed E-state index contributed by atoms with van der Waals surface area (Å²) in [6.45, 7) is 2.99. The zero-order valence-electron chi connectivity index (χ0n) is 10.9. The summed E-state index contributed by atoms with van der Waals surface area (Å²) in [7, 11) is 0. The lowest BCUT2D eigenvalue weighted by molar-refractivity contribution is -0.189. The minimum atomic E-state index is -0.327. The summed E-state index contributed by atoms with van der Waals surface area (Å²) in [6, 6.07) is 10.1. The van der Waals surface area contributed by atoms with Gasteiger partial charge in [0.2, 0.25) is 0 Å². The van der Waals surface area contributed by atoms with Crippen molar-refractivity contribution >= 4 is 5.78 Å². The number of carbonyl (C=O) groups excluding carboxylic acids is 1. The predicted octanol–water partition coefficient (Wildman–Crippen LogP) is 2.73.